The number of nitrogens with zero attached hydrogens (tertiary/aromatic N) is 1. The minimum Gasteiger partial charge on any atom is -0.480 e. The zero-order chi connectivity index (χ0) is 16.2. The topological polar surface area (TPSA) is 75.1 Å². The number of rotatable bonds is 2. The maximum Gasteiger partial charge on any atom is 0.419 e. The van der Waals surface area contributed by atoms with E-state index in [0.29, 0.717) is 16.7 Å². The van der Waals surface area contributed by atoms with Crippen molar-refractivity contribution in [2.24, 2.45) is 0 Å². The van der Waals surface area contributed by atoms with Gasteiger partial charge in [-0.2, -0.15) is 13.2 Å². The maximum atomic E-state index is 13.6. The quantitative estimate of drug-likeness (QED) is 0.836. The van der Waals surface area contributed by atoms with Crippen molar-refractivity contribution in [3.05, 3.63) is 34.0 Å². The molecule has 0 unspecified atom stereocenters. The minimum atomic E-state index is -4.92. The zero-order valence-electron chi connectivity index (χ0n) is 10.9. The predicted octanol–water partition coefficient (Wildman–Crippen LogP) is 2.31. The lowest BCUT2D eigenvalue weighted by atomic mass is 10.1. The second-order valence-corrected chi connectivity index (χ2v) is 4.98. The number of alkyl halides is 3. The zero-order valence-corrected chi connectivity index (χ0v) is 10.9. The summed E-state index contributed by atoms with van der Waals surface area (Å²) in [6.45, 7) is 2.36. The predicted molar refractivity (Wildman–Crippen MR) is 64.5 cm³/mol. The first-order valence-electron chi connectivity index (χ1n) is 5.71. The van der Waals surface area contributed by atoms with Crippen LogP contribution in [-0.2, 0) is 16.5 Å². The molecule has 1 aromatic heterocycles. The Balaban J connectivity index is 2.84. The van der Waals surface area contributed by atoms with Crippen LogP contribution in [-0.4, -0.2) is 20.6 Å². The number of benzene rings is 1. The summed E-state index contributed by atoms with van der Waals surface area (Å²) < 4.78 is 52.1. The Bertz CT molecular complexity index is 786. The Labute approximate surface area is 114 Å². The number of hydrogen-bond donors (Lipinski definition) is 2. The molecule has 0 aliphatic rings. The Hall–Kier alpha value is -2.32. The average Bonchev–Trinajstić information content (AvgIpc) is 2.62. The fourth-order valence-corrected chi connectivity index (χ4v) is 2.00. The highest BCUT2D eigenvalue weighted by Crippen LogP contribution is 2.34. The van der Waals surface area contributed by atoms with Crippen LogP contribution in [0, 0.1) is 5.82 Å². The molecule has 0 atom stereocenters. The number of hydrogen-bond acceptors (Lipinski definition) is 2. The number of carboxylic acid groups (broad SMARTS) is 1. The van der Waals surface area contributed by atoms with Gasteiger partial charge in [0, 0.05) is 6.07 Å². The van der Waals surface area contributed by atoms with Crippen LogP contribution in [0.1, 0.15) is 19.4 Å². The molecule has 2 rings (SSSR count). The Morgan fingerprint density at radius 2 is 1.86 bits per heavy atom. The summed E-state index contributed by atoms with van der Waals surface area (Å²) >= 11 is 0. The lowest BCUT2D eigenvalue weighted by molar-refractivity contribution is -0.145. The summed E-state index contributed by atoms with van der Waals surface area (Å²) in [4.78, 5) is 25.1. The standard InChI is InChI=1S/C12H10F4N2O3/c1-11(2,9(19)20)18-8-4-6(13)5(12(14,15)16)3-7(8)17-10(18)21/h3-4H,1-2H3,(H,17,21)(H,19,20). The second-order valence-electron chi connectivity index (χ2n) is 4.98. The van der Waals surface area contributed by atoms with Crippen LogP contribution in [0.25, 0.3) is 11.0 Å². The SMILES string of the molecule is CC(C)(C(=O)O)n1c(=O)[nH]c2cc(C(F)(F)F)c(F)cc21. The first-order valence-corrected chi connectivity index (χ1v) is 5.71. The van der Waals surface area contributed by atoms with Gasteiger partial charge in [-0.25, -0.2) is 14.0 Å². The van der Waals surface area contributed by atoms with E-state index >= 15 is 0 Å². The fourth-order valence-electron chi connectivity index (χ4n) is 2.00. The molecule has 0 fully saturated rings. The molecule has 0 radical (unpaired) electrons. The van der Waals surface area contributed by atoms with Crippen molar-refractivity contribution in [1.29, 1.82) is 0 Å². The van der Waals surface area contributed by atoms with Crippen molar-refractivity contribution >= 4 is 17.0 Å². The molecule has 0 amide bonds. The molecule has 21 heavy (non-hydrogen) atoms. The van der Waals surface area contributed by atoms with E-state index in [1.54, 1.807) is 0 Å². The molecule has 114 valence electrons. The number of imidazole rings is 1. The van der Waals surface area contributed by atoms with Gasteiger partial charge < -0.3 is 10.1 Å². The molecule has 2 N–H and O–H groups in total. The van der Waals surface area contributed by atoms with Crippen molar-refractivity contribution < 1.29 is 27.5 Å². The summed E-state index contributed by atoms with van der Waals surface area (Å²) in [5, 5.41) is 9.10. The van der Waals surface area contributed by atoms with Crippen LogP contribution < -0.4 is 5.69 Å². The van der Waals surface area contributed by atoms with Crippen molar-refractivity contribution in [2.45, 2.75) is 25.6 Å². The van der Waals surface area contributed by atoms with Gasteiger partial charge in [-0.1, -0.05) is 0 Å². The third-order valence-electron chi connectivity index (χ3n) is 3.16. The fraction of sp³-hybridized carbons (Fsp3) is 0.333. The molecule has 0 saturated carbocycles. The number of H-pyrrole nitrogens is 1. The molecule has 0 saturated heterocycles. The molecule has 0 aliphatic carbocycles. The van der Waals surface area contributed by atoms with Gasteiger partial charge in [-0.05, 0) is 19.9 Å². The number of aliphatic carboxylic acids is 1. The average molecular weight is 306 g/mol. The van der Waals surface area contributed by atoms with Gasteiger partial charge in [0.1, 0.15) is 11.4 Å². The van der Waals surface area contributed by atoms with E-state index in [0.717, 1.165) is 0 Å². The summed E-state index contributed by atoms with van der Waals surface area (Å²) in [7, 11) is 0. The van der Waals surface area contributed by atoms with Gasteiger partial charge in [0.2, 0.25) is 0 Å². The van der Waals surface area contributed by atoms with Crippen LogP contribution >= 0.6 is 0 Å². The van der Waals surface area contributed by atoms with Gasteiger partial charge in [0.05, 0.1) is 16.6 Å². The minimum absolute atomic E-state index is 0.252. The summed E-state index contributed by atoms with van der Waals surface area (Å²) in [5.41, 5.74) is -4.75. The van der Waals surface area contributed by atoms with E-state index in [2.05, 4.69) is 4.98 Å². The molecular weight excluding hydrogens is 296 g/mol. The van der Waals surface area contributed by atoms with Gasteiger partial charge in [0.15, 0.2) is 0 Å². The molecule has 2 aromatic rings. The largest absolute Gasteiger partial charge is 0.480 e. The van der Waals surface area contributed by atoms with Gasteiger partial charge in [-0.3, -0.25) is 4.57 Å². The van der Waals surface area contributed by atoms with Crippen LogP contribution in [0.3, 0.4) is 0 Å². The molecule has 0 spiro atoms. The molecule has 0 bridgehead atoms. The van der Waals surface area contributed by atoms with E-state index in [1.165, 1.54) is 13.8 Å². The van der Waals surface area contributed by atoms with E-state index in [1.807, 2.05) is 0 Å². The second kappa shape index (κ2) is 4.34. The van der Waals surface area contributed by atoms with E-state index < -0.39 is 34.8 Å². The third kappa shape index (κ3) is 2.28. The number of carboxylic acids is 1. The molecular formula is C12H10F4N2O3. The molecule has 1 aromatic carbocycles. The Morgan fingerprint density at radius 1 is 1.29 bits per heavy atom. The summed E-state index contributed by atoms with van der Waals surface area (Å²) in [5.74, 6) is -2.96. The smallest absolute Gasteiger partial charge is 0.419 e. The highest BCUT2D eigenvalue weighted by atomic mass is 19.4. The first kappa shape index (κ1) is 15.1. The lowest BCUT2D eigenvalue weighted by Crippen LogP contribution is -2.41. The highest BCUT2D eigenvalue weighted by molar-refractivity contribution is 5.82. The highest BCUT2D eigenvalue weighted by Gasteiger charge is 2.37. The van der Waals surface area contributed by atoms with E-state index in [4.69, 9.17) is 5.11 Å². The lowest BCUT2D eigenvalue weighted by Gasteiger charge is -2.21. The molecule has 9 heteroatoms. The number of fused-ring (bicyclic) bond motifs is 1. The van der Waals surface area contributed by atoms with Gasteiger partial charge in [0.25, 0.3) is 0 Å². The number of halogens is 4. The van der Waals surface area contributed by atoms with Gasteiger partial charge >= 0.3 is 17.8 Å². The van der Waals surface area contributed by atoms with Crippen LogP contribution in [0.2, 0.25) is 0 Å². The first-order chi connectivity index (χ1) is 9.46. The molecule has 0 aliphatic heterocycles. The monoisotopic (exact) mass is 306 g/mol. The summed E-state index contributed by atoms with van der Waals surface area (Å²) in [6, 6.07) is 0.946. The normalized spacial score (nSPS) is 12.9. The van der Waals surface area contributed by atoms with Crippen LogP contribution in [0.4, 0.5) is 17.6 Å². The molecule has 5 nitrogen and oxygen atoms in total. The van der Waals surface area contributed by atoms with Crippen molar-refractivity contribution in [1.82, 2.24) is 9.55 Å². The summed E-state index contributed by atoms with van der Waals surface area (Å²) in [6.07, 6.45) is -4.92. The van der Waals surface area contributed by atoms with Crippen molar-refractivity contribution in [3.8, 4) is 0 Å². The van der Waals surface area contributed by atoms with Crippen LogP contribution in [0.5, 0.6) is 0 Å². The van der Waals surface area contributed by atoms with Gasteiger partial charge in [-0.15, -0.1) is 0 Å². The van der Waals surface area contributed by atoms with E-state index in [9.17, 15) is 27.2 Å². The number of carbonyl (C=O) groups is 1. The van der Waals surface area contributed by atoms with E-state index in [-0.39, 0.29) is 11.0 Å². The number of aromatic nitrogens is 2. The van der Waals surface area contributed by atoms with Crippen LogP contribution in [0.15, 0.2) is 16.9 Å². The Morgan fingerprint density at radius 3 is 2.33 bits per heavy atom. The Kier molecular flexibility index (Phi) is 3.11. The number of aromatic amines is 1. The number of nitrogens with one attached hydrogen (secondary N) is 1. The van der Waals surface area contributed by atoms with Crippen molar-refractivity contribution in [3.63, 3.8) is 0 Å². The third-order valence-corrected chi connectivity index (χ3v) is 3.16. The molecule has 1 heterocycles. The maximum absolute atomic E-state index is 13.6. The van der Waals surface area contributed by atoms with Crippen molar-refractivity contribution in [2.75, 3.05) is 0 Å².